The maximum atomic E-state index is 6.13. The molecule has 164 valence electrons. The molecular weight excluding hydrogens is 374 g/mol. The lowest BCUT2D eigenvalue weighted by Crippen LogP contribution is -2.43. The zero-order chi connectivity index (χ0) is 21.6. The average molecular weight is 412 g/mol. The van der Waals surface area contributed by atoms with Crippen molar-refractivity contribution in [2.24, 2.45) is 16.3 Å². The predicted molar refractivity (Wildman–Crippen MR) is 123 cm³/mol. The molecule has 30 heavy (non-hydrogen) atoms. The summed E-state index contributed by atoms with van der Waals surface area (Å²) >= 11 is 0. The number of guanidine groups is 1. The Labute approximate surface area is 181 Å². The van der Waals surface area contributed by atoms with Crippen LogP contribution in [0.1, 0.15) is 59.1 Å². The van der Waals surface area contributed by atoms with E-state index in [-0.39, 0.29) is 17.6 Å². The molecule has 2 N–H and O–H groups in total. The van der Waals surface area contributed by atoms with Gasteiger partial charge >= 0.3 is 0 Å². The van der Waals surface area contributed by atoms with Gasteiger partial charge in [-0.2, -0.15) is 5.10 Å². The number of nitrogens with zero attached hydrogens (tertiary/aromatic N) is 3. The van der Waals surface area contributed by atoms with Crippen LogP contribution >= 0.6 is 0 Å². The minimum absolute atomic E-state index is 0.124. The molecule has 1 aliphatic rings. The van der Waals surface area contributed by atoms with Gasteiger partial charge in [0.15, 0.2) is 5.96 Å². The third-order valence-corrected chi connectivity index (χ3v) is 5.62. The largest absolute Gasteiger partial charge is 0.377 e. The van der Waals surface area contributed by atoms with E-state index in [9.17, 15) is 0 Å². The van der Waals surface area contributed by atoms with Crippen molar-refractivity contribution >= 4 is 5.96 Å². The van der Waals surface area contributed by atoms with Crippen LogP contribution in [-0.4, -0.2) is 41.5 Å². The van der Waals surface area contributed by atoms with E-state index in [1.165, 1.54) is 12.0 Å². The first-order chi connectivity index (χ1) is 14.4. The molecule has 1 saturated heterocycles. The monoisotopic (exact) mass is 411 g/mol. The molecule has 1 aromatic carbocycles. The molecule has 1 aliphatic heterocycles. The van der Waals surface area contributed by atoms with Gasteiger partial charge < -0.3 is 15.4 Å². The number of aliphatic imine (C=N–C) groups is 1. The highest BCUT2D eigenvalue weighted by atomic mass is 16.5. The number of ether oxygens (including phenoxy) is 1. The Morgan fingerprint density at radius 3 is 2.87 bits per heavy atom. The summed E-state index contributed by atoms with van der Waals surface area (Å²) in [6.45, 7) is 13.5. The Bertz CT molecular complexity index is 809. The van der Waals surface area contributed by atoms with Crippen LogP contribution in [0.2, 0.25) is 0 Å². The molecular formula is C24H37N5O. The summed E-state index contributed by atoms with van der Waals surface area (Å²) in [6.07, 6.45) is 6.30. The van der Waals surface area contributed by atoms with Crippen LogP contribution < -0.4 is 10.6 Å². The number of nitrogens with one attached hydrogen (secondary N) is 2. The van der Waals surface area contributed by atoms with Gasteiger partial charge in [-0.05, 0) is 55.9 Å². The number of rotatable bonds is 6. The lowest BCUT2D eigenvalue weighted by Gasteiger charge is -2.39. The van der Waals surface area contributed by atoms with E-state index < -0.39 is 0 Å². The molecule has 0 radical (unpaired) electrons. The summed E-state index contributed by atoms with van der Waals surface area (Å²) in [5.74, 6) is 1.31. The summed E-state index contributed by atoms with van der Waals surface area (Å²) in [5, 5.41) is 11.3. The van der Waals surface area contributed by atoms with Crippen LogP contribution in [0.3, 0.4) is 0 Å². The van der Waals surface area contributed by atoms with Crippen molar-refractivity contribution in [3.8, 4) is 5.69 Å². The van der Waals surface area contributed by atoms with E-state index in [4.69, 9.17) is 9.73 Å². The topological polar surface area (TPSA) is 63.5 Å². The fourth-order valence-electron chi connectivity index (χ4n) is 4.16. The smallest absolute Gasteiger partial charge is 0.191 e. The van der Waals surface area contributed by atoms with Crippen molar-refractivity contribution in [3.05, 3.63) is 48.3 Å². The van der Waals surface area contributed by atoms with Gasteiger partial charge in [0.25, 0.3) is 0 Å². The third-order valence-electron chi connectivity index (χ3n) is 5.62. The first-order valence-corrected chi connectivity index (χ1v) is 11.1. The molecule has 2 aromatic rings. The average Bonchev–Trinajstić information content (AvgIpc) is 3.27. The highest BCUT2D eigenvalue weighted by Crippen LogP contribution is 2.34. The molecule has 3 unspecified atom stereocenters. The van der Waals surface area contributed by atoms with E-state index in [2.05, 4.69) is 74.6 Å². The Balaban J connectivity index is 1.69. The van der Waals surface area contributed by atoms with Gasteiger partial charge in [0, 0.05) is 38.0 Å². The van der Waals surface area contributed by atoms with Crippen LogP contribution in [0.5, 0.6) is 0 Å². The van der Waals surface area contributed by atoms with Crippen molar-refractivity contribution in [1.29, 1.82) is 0 Å². The molecule has 3 rings (SSSR count). The zero-order valence-corrected chi connectivity index (χ0v) is 19.1. The zero-order valence-electron chi connectivity index (χ0n) is 19.1. The molecule has 0 amide bonds. The van der Waals surface area contributed by atoms with Crippen molar-refractivity contribution in [2.75, 3.05) is 19.7 Å². The lowest BCUT2D eigenvalue weighted by atomic mass is 9.78. The minimum atomic E-state index is 0.124. The standard InChI is InChI=1S/C24H37N5O/c1-6-25-23(26-17-20-11-8-15-30-22(20)24(3,4)5)28-18(2)19-10-7-12-21(16-19)29-14-9-13-27-29/h7,9-10,12-14,16,18,20,22H,6,8,11,15,17H2,1-5H3,(H2,25,26,28). The number of aromatic nitrogens is 2. The summed E-state index contributed by atoms with van der Waals surface area (Å²) in [5.41, 5.74) is 2.38. The van der Waals surface area contributed by atoms with Gasteiger partial charge in [0.1, 0.15) is 0 Å². The third kappa shape index (κ3) is 5.85. The highest BCUT2D eigenvalue weighted by Gasteiger charge is 2.35. The molecule has 0 aliphatic carbocycles. The van der Waals surface area contributed by atoms with Gasteiger partial charge in [0.05, 0.1) is 17.8 Å². The first-order valence-electron chi connectivity index (χ1n) is 11.1. The maximum Gasteiger partial charge on any atom is 0.191 e. The van der Waals surface area contributed by atoms with Crippen LogP contribution in [-0.2, 0) is 4.74 Å². The summed E-state index contributed by atoms with van der Waals surface area (Å²) in [6, 6.07) is 10.5. The van der Waals surface area contributed by atoms with Gasteiger partial charge in [0.2, 0.25) is 0 Å². The predicted octanol–water partition coefficient (Wildman–Crippen LogP) is 4.33. The van der Waals surface area contributed by atoms with E-state index in [0.717, 1.165) is 37.8 Å². The molecule has 0 bridgehead atoms. The molecule has 0 spiro atoms. The lowest BCUT2D eigenvalue weighted by molar-refractivity contribution is -0.0823. The molecule has 6 nitrogen and oxygen atoms in total. The molecule has 1 aromatic heterocycles. The van der Waals surface area contributed by atoms with Crippen molar-refractivity contribution < 1.29 is 4.74 Å². The van der Waals surface area contributed by atoms with E-state index in [1.54, 1.807) is 6.20 Å². The maximum absolute atomic E-state index is 6.13. The Hall–Kier alpha value is -2.34. The van der Waals surface area contributed by atoms with Crippen molar-refractivity contribution in [3.63, 3.8) is 0 Å². The molecule has 6 heteroatoms. The number of hydrogen-bond acceptors (Lipinski definition) is 3. The second kappa shape index (κ2) is 10.1. The minimum Gasteiger partial charge on any atom is -0.377 e. The van der Waals surface area contributed by atoms with Crippen LogP contribution in [0.25, 0.3) is 5.69 Å². The van der Waals surface area contributed by atoms with E-state index in [0.29, 0.717) is 5.92 Å². The second-order valence-corrected chi connectivity index (χ2v) is 9.19. The summed E-state index contributed by atoms with van der Waals surface area (Å²) in [7, 11) is 0. The Kier molecular flexibility index (Phi) is 7.53. The Morgan fingerprint density at radius 2 is 2.17 bits per heavy atom. The van der Waals surface area contributed by atoms with Crippen molar-refractivity contribution in [1.82, 2.24) is 20.4 Å². The SMILES string of the molecule is CCNC(=NCC1CCCOC1C(C)(C)C)NC(C)c1cccc(-n2cccn2)c1. The van der Waals surface area contributed by atoms with Crippen LogP contribution in [0.15, 0.2) is 47.7 Å². The van der Waals surface area contributed by atoms with Crippen molar-refractivity contribution in [2.45, 2.75) is 59.6 Å². The van der Waals surface area contributed by atoms with Crippen LogP contribution in [0, 0.1) is 11.3 Å². The summed E-state index contributed by atoms with van der Waals surface area (Å²) < 4.78 is 8.01. The quantitative estimate of drug-likeness (QED) is 0.549. The molecule has 0 saturated carbocycles. The number of hydrogen-bond donors (Lipinski definition) is 2. The fourth-order valence-corrected chi connectivity index (χ4v) is 4.16. The second-order valence-electron chi connectivity index (χ2n) is 9.19. The molecule has 2 heterocycles. The molecule has 1 fully saturated rings. The summed E-state index contributed by atoms with van der Waals surface area (Å²) in [4.78, 5) is 4.94. The highest BCUT2D eigenvalue weighted by molar-refractivity contribution is 5.80. The molecule has 3 atom stereocenters. The number of benzene rings is 1. The van der Waals surface area contributed by atoms with E-state index >= 15 is 0 Å². The fraction of sp³-hybridized carbons (Fsp3) is 0.583. The normalized spacial score (nSPS) is 21.3. The van der Waals surface area contributed by atoms with Crippen LogP contribution in [0.4, 0.5) is 0 Å². The van der Waals surface area contributed by atoms with E-state index in [1.807, 2.05) is 16.9 Å². The first kappa shape index (κ1) is 22.3. The van der Waals surface area contributed by atoms with Gasteiger partial charge in [-0.15, -0.1) is 0 Å². The van der Waals surface area contributed by atoms with Gasteiger partial charge in [-0.1, -0.05) is 32.9 Å². The Morgan fingerprint density at radius 1 is 1.33 bits per heavy atom. The van der Waals surface area contributed by atoms with Gasteiger partial charge in [-0.25, -0.2) is 4.68 Å². The van der Waals surface area contributed by atoms with Gasteiger partial charge in [-0.3, -0.25) is 4.99 Å².